The molecule has 0 heterocycles. The fourth-order valence-corrected chi connectivity index (χ4v) is 1.38. The first-order chi connectivity index (χ1) is 8.00. The maximum absolute atomic E-state index is 13.2. The van der Waals surface area contributed by atoms with E-state index in [1.165, 1.54) is 6.42 Å². The van der Waals surface area contributed by atoms with Crippen LogP contribution in [-0.2, 0) is 26.8 Å². The summed E-state index contributed by atoms with van der Waals surface area (Å²) in [5.74, 6) is -9.42. The Bertz CT molecular complexity index is 377. The minimum Gasteiger partial charge on any atom is -0.203 e. The van der Waals surface area contributed by atoms with Crippen molar-refractivity contribution in [2.45, 2.75) is 19.3 Å². The van der Waals surface area contributed by atoms with Gasteiger partial charge in [0.1, 0.15) is 0 Å². The van der Waals surface area contributed by atoms with Crippen molar-refractivity contribution in [2.75, 3.05) is 0 Å². The zero-order valence-corrected chi connectivity index (χ0v) is 10.7. The standard InChI is InChI=1S/C12H10F5.Pd/c1-2-3-4-5-6-7-8(13)10(15)12(17)11(16)9(7)14;/h2-3H,1,4-6H2;. The molecule has 0 nitrogen and oxygen atoms in total. The maximum atomic E-state index is 13.2. The fraction of sp³-hybridized carbons (Fsp3) is 0.250. The van der Waals surface area contributed by atoms with Crippen LogP contribution < -0.4 is 0 Å². The molecule has 0 bridgehead atoms. The minimum atomic E-state index is -2.12. The quantitative estimate of drug-likeness (QED) is 0.247. The molecule has 103 valence electrons. The Labute approximate surface area is 116 Å². The maximum Gasteiger partial charge on any atom is 0.200 e. The summed E-state index contributed by atoms with van der Waals surface area (Å²) in [4.78, 5) is 0. The molecule has 0 spiro atoms. The average Bonchev–Trinajstić information content (AvgIpc) is 2.33. The largest absolute Gasteiger partial charge is 0.203 e. The smallest absolute Gasteiger partial charge is 0.200 e. The molecule has 0 aliphatic carbocycles. The molecule has 0 aromatic heterocycles. The summed E-state index contributed by atoms with van der Waals surface area (Å²) in [5.41, 5.74) is -0.765. The molecule has 0 atom stereocenters. The van der Waals surface area contributed by atoms with Crippen molar-refractivity contribution < 1.29 is 42.4 Å². The molecule has 0 aliphatic heterocycles. The van der Waals surface area contributed by atoms with Crippen LogP contribution in [0.5, 0.6) is 0 Å². The molecule has 18 heavy (non-hydrogen) atoms. The Morgan fingerprint density at radius 2 is 1.28 bits per heavy atom. The SMILES string of the molecule is [CH2][CH][CH]CCCc1c(F)c(F)c(F)c(F)c1F.[Pd]. The fourth-order valence-electron chi connectivity index (χ4n) is 1.38. The van der Waals surface area contributed by atoms with E-state index in [0.29, 0.717) is 6.42 Å². The number of halogens is 5. The van der Waals surface area contributed by atoms with Crippen LogP contribution in [0.2, 0.25) is 0 Å². The molecule has 1 rings (SSSR count). The van der Waals surface area contributed by atoms with Crippen molar-refractivity contribution in [3.05, 3.63) is 54.4 Å². The molecule has 0 aliphatic rings. The molecular weight excluding hydrogens is 346 g/mol. The average molecular weight is 356 g/mol. The van der Waals surface area contributed by atoms with Gasteiger partial charge in [0.2, 0.25) is 5.82 Å². The molecule has 0 saturated carbocycles. The van der Waals surface area contributed by atoms with E-state index in [9.17, 15) is 22.0 Å². The number of unbranched alkanes of at least 4 members (excludes halogenated alkanes) is 3. The van der Waals surface area contributed by atoms with Crippen LogP contribution in [0.1, 0.15) is 18.4 Å². The first kappa shape index (κ1) is 17.5. The second-order valence-electron chi connectivity index (χ2n) is 3.41. The summed E-state index contributed by atoms with van der Waals surface area (Å²) in [6.07, 6.45) is 3.67. The van der Waals surface area contributed by atoms with Gasteiger partial charge in [-0.05, 0) is 39.0 Å². The third-order valence-corrected chi connectivity index (χ3v) is 2.26. The second kappa shape index (κ2) is 7.86. The first-order valence-corrected chi connectivity index (χ1v) is 4.95. The summed E-state index contributed by atoms with van der Waals surface area (Å²) < 4.78 is 64.6. The zero-order chi connectivity index (χ0) is 13.0. The van der Waals surface area contributed by atoms with E-state index in [4.69, 9.17) is 0 Å². The Balaban J connectivity index is 0.00000289. The molecule has 3 radical (unpaired) electrons. The number of hydrogen-bond donors (Lipinski definition) is 0. The monoisotopic (exact) mass is 355 g/mol. The third kappa shape index (κ3) is 3.76. The van der Waals surface area contributed by atoms with Gasteiger partial charge in [-0.3, -0.25) is 0 Å². The Hall–Kier alpha value is -0.468. The van der Waals surface area contributed by atoms with Gasteiger partial charge in [0.25, 0.3) is 0 Å². The van der Waals surface area contributed by atoms with Crippen molar-refractivity contribution in [3.63, 3.8) is 0 Å². The Morgan fingerprint density at radius 3 is 1.72 bits per heavy atom. The van der Waals surface area contributed by atoms with Gasteiger partial charge in [-0.1, -0.05) is 0 Å². The summed E-state index contributed by atoms with van der Waals surface area (Å²) in [7, 11) is 0. The number of benzene rings is 1. The van der Waals surface area contributed by atoms with E-state index in [0.717, 1.165) is 0 Å². The van der Waals surface area contributed by atoms with Gasteiger partial charge in [-0.15, -0.1) is 0 Å². The van der Waals surface area contributed by atoms with E-state index >= 15 is 0 Å². The first-order valence-electron chi connectivity index (χ1n) is 4.95. The number of hydrogen-bond acceptors (Lipinski definition) is 0. The predicted octanol–water partition coefficient (Wildman–Crippen LogP) is 3.94. The third-order valence-electron chi connectivity index (χ3n) is 2.26. The Kier molecular flexibility index (Phi) is 7.65. The summed E-state index contributed by atoms with van der Waals surface area (Å²) in [5, 5.41) is 0. The van der Waals surface area contributed by atoms with E-state index in [2.05, 4.69) is 6.92 Å². The van der Waals surface area contributed by atoms with Crippen LogP contribution in [0.25, 0.3) is 0 Å². The molecule has 6 heteroatoms. The molecule has 0 amide bonds. The second-order valence-corrected chi connectivity index (χ2v) is 3.41. The van der Waals surface area contributed by atoms with Gasteiger partial charge < -0.3 is 0 Å². The van der Waals surface area contributed by atoms with Gasteiger partial charge >= 0.3 is 0 Å². The molecule has 0 fully saturated rings. The molecular formula is C12H10F5Pd. The van der Waals surface area contributed by atoms with Crippen molar-refractivity contribution >= 4 is 0 Å². The van der Waals surface area contributed by atoms with Gasteiger partial charge in [-0.2, -0.15) is 0 Å². The molecule has 0 unspecified atom stereocenters. The van der Waals surface area contributed by atoms with E-state index < -0.39 is 34.6 Å². The van der Waals surface area contributed by atoms with Gasteiger partial charge in [0.15, 0.2) is 23.3 Å². The summed E-state index contributed by atoms with van der Waals surface area (Å²) in [6.45, 7) is 3.41. The van der Waals surface area contributed by atoms with Crippen LogP contribution in [0.3, 0.4) is 0 Å². The van der Waals surface area contributed by atoms with Crippen molar-refractivity contribution in [2.24, 2.45) is 0 Å². The summed E-state index contributed by atoms with van der Waals surface area (Å²) >= 11 is 0. The van der Waals surface area contributed by atoms with Crippen LogP contribution in [0, 0.1) is 48.9 Å². The van der Waals surface area contributed by atoms with E-state index in [1.54, 1.807) is 6.42 Å². The van der Waals surface area contributed by atoms with E-state index in [-0.39, 0.29) is 33.3 Å². The normalized spacial score (nSPS) is 10.3. The molecule has 0 N–H and O–H groups in total. The van der Waals surface area contributed by atoms with Crippen molar-refractivity contribution in [1.82, 2.24) is 0 Å². The summed E-state index contributed by atoms with van der Waals surface area (Å²) in [6, 6.07) is 0. The van der Waals surface area contributed by atoms with Crippen LogP contribution in [-0.4, -0.2) is 0 Å². The van der Waals surface area contributed by atoms with Gasteiger partial charge in [0, 0.05) is 26.0 Å². The molecule has 1 aromatic carbocycles. The minimum absolute atomic E-state index is 0. The van der Waals surface area contributed by atoms with Crippen molar-refractivity contribution in [3.8, 4) is 0 Å². The van der Waals surface area contributed by atoms with Gasteiger partial charge in [0.05, 0.1) is 0 Å². The molecule has 0 saturated heterocycles. The van der Waals surface area contributed by atoms with Crippen LogP contribution in [0.15, 0.2) is 0 Å². The Morgan fingerprint density at radius 1 is 0.833 bits per heavy atom. The predicted molar refractivity (Wildman–Crippen MR) is 53.1 cm³/mol. The zero-order valence-electron chi connectivity index (χ0n) is 9.19. The van der Waals surface area contributed by atoms with Crippen LogP contribution in [0.4, 0.5) is 22.0 Å². The van der Waals surface area contributed by atoms with Crippen LogP contribution >= 0.6 is 0 Å². The molecule has 1 aromatic rings. The van der Waals surface area contributed by atoms with E-state index in [1.807, 2.05) is 0 Å². The van der Waals surface area contributed by atoms with Gasteiger partial charge in [-0.25, -0.2) is 22.0 Å². The topological polar surface area (TPSA) is 0 Å². The van der Waals surface area contributed by atoms with Crippen molar-refractivity contribution in [1.29, 1.82) is 0 Å². The number of rotatable bonds is 5.